The van der Waals surface area contributed by atoms with Crippen LogP contribution in [0.4, 0.5) is 4.79 Å². The average Bonchev–Trinajstić information content (AvgIpc) is 2.43. The van der Waals surface area contributed by atoms with E-state index in [1.54, 1.807) is 0 Å². The summed E-state index contributed by atoms with van der Waals surface area (Å²) in [5.41, 5.74) is 0.0531. The maximum atomic E-state index is 11.6. The highest BCUT2D eigenvalue weighted by molar-refractivity contribution is 6.32. The molecule has 2 N–H and O–H groups in total. The highest BCUT2D eigenvalue weighted by Gasteiger charge is 2.15. The van der Waals surface area contributed by atoms with Crippen LogP contribution in [0.3, 0.4) is 0 Å². The zero-order valence-corrected chi connectivity index (χ0v) is 11.6. The Morgan fingerprint density at radius 1 is 1.40 bits per heavy atom. The Labute approximate surface area is 120 Å². The van der Waals surface area contributed by atoms with Gasteiger partial charge in [-0.15, -0.1) is 0 Å². The first kappa shape index (κ1) is 15.9. The number of pyridine rings is 1. The Kier molecular flexibility index (Phi) is 6.45. The highest BCUT2D eigenvalue weighted by atomic mass is 35.5. The van der Waals surface area contributed by atoms with E-state index in [1.165, 1.54) is 18.3 Å². The summed E-state index contributed by atoms with van der Waals surface area (Å²) in [5, 5.41) is 4.46. The Balaban J connectivity index is 2.40. The Bertz CT molecular complexity index is 507. The molecule has 20 heavy (non-hydrogen) atoms. The van der Waals surface area contributed by atoms with Gasteiger partial charge in [-0.3, -0.25) is 10.1 Å². The normalized spacial score (nSPS) is 9.70. The lowest BCUT2D eigenvalue weighted by atomic mass is 10.3. The summed E-state index contributed by atoms with van der Waals surface area (Å²) >= 11 is 5.70. The summed E-state index contributed by atoms with van der Waals surface area (Å²) in [7, 11) is 0. The van der Waals surface area contributed by atoms with Crippen LogP contribution in [0.15, 0.2) is 18.3 Å². The molecule has 0 radical (unpaired) electrons. The number of nitrogens with one attached hydrogen (secondary N) is 2. The number of rotatable bonds is 5. The van der Waals surface area contributed by atoms with Crippen LogP contribution in [0.5, 0.6) is 0 Å². The molecule has 0 aromatic carbocycles. The maximum Gasteiger partial charge on any atom is 0.341 e. The summed E-state index contributed by atoms with van der Waals surface area (Å²) in [6, 6.07) is 2.30. The monoisotopic (exact) mass is 299 g/mol. The molecule has 1 heterocycles. The van der Waals surface area contributed by atoms with Gasteiger partial charge in [0.1, 0.15) is 5.15 Å². The number of hydrogen-bond donors (Lipinski definition) is 2. The smallest absolute Gasteiger partial charge is 0.341 e. The van der Waals surface area contributed by atoms with Gasteiger partial charge in [0.05, 0.1) is 5.56 Å². The van der Waals surface area contributed by atoms with E-state index in [0.29, 0.717) is 6.54 Å². The molecular formula is C12H14ClN3O4. The fourth-order valence-corrected chi connectivity index (χ4v) is 1.39. The largest absolute Gasteiger partial charge is 0.452 e. The van der Waals surface area contributed by atoms with Gasteiger partial charge >= 0.3 is 12.0 Å². The molecule has 0 atom stereocenters. The first-order valence-corrected chi connectivity index (χ1v) is 6.27. The molecule has 0 spiro atoms. The zero-order valence-electron chi connectivity index (χ0n) is 10.8. The summed E-state index contributed by atoms with van der Waals surface area (Å²) in [4.78, 5) is 37.8. The van der Waals surface area contributed by atoms with Crippen molar-refractivity contribution in [2.45, 2.75) is 13.3 Å². The number of imide groups is 1. The Hall–Kier alpha value is -2.15. The van der Waals surface area contributed by atoms with E-state index < -0.39 is 24.5 Å². The highest BCUT2D eigenvalue weighted by Crippen LogP contribution is 2.12. The molecule has 1 aromatic rings. The van der Waals surface area contributed by atoms with Crippen molar-refractivity contribution in [1.29, 1.82) is 0 Å². The second kappa shape index (κ2) is 8.11. The standard InChI is InChI=1S/C12H14ClN3O4/c1-2-5-15-12(19)16-9(17)7-20-11(18)8-4-3-6-14-10(8)13/h3-4,6H,2,5,7H2,1H3,(H2,15,16,17,19). The third kappa shape index (κ3) is 5.23. The molecule has 0 saturated heterocycles. The van der Waals surface area contributed by atoms with Crippen molar-refractivity contribution in [3.05, 3.63) is 29.0 Å². The van der Waals surface area contributed by atoms with Crippen molar-refractivity contribution in [2.24, 2.45) is 0 Å². The lowest BCUT2D eigenvalue weighted by Crippen LogP contribution is -2.41. The van der Waals surface area contributed by atoms with Crippen LogP contribution >= 0.6 is 11.6 Å². The summed E-state index contributed by atoms with van der Waals surface area (Å²) in [6.07, 6.45) is 2.17. The van der Waals surface area contributed by atoms with Gasteiger partial charge in [0.2, 0.25) is 0 Å². The van der Waals surface area contributed by atoms with Gasteiger partial charge in [-0.05, 0) is 18.6 Å². The molecule has 0 aliphatic rings. The van der Waals surface area contributed by atoms with Crippen molar-refractivity contribution < 1.29 is 19.1 Å². The topological polar surface area (TPSA) is 97.4 Å². The molecule has 1 rings (SSSR count). The quantitative estimate of drug-likeness (QED) is 0.627. The number of urea groups is 1. The number of amides is 3. The Morgan fingerprint density at radius 3 is 2.80 bits per heavy atom. The molecule has 1 aromatic heterocycles. The van der Waals surface area contributed by atoms with E-state index in [-0.39, 0.29) is 10.7 Å². The van der Waals surface area contributed by atoms with Gasteiger partial charge in [0.25, 0.3) is 5.91 Å². The molecule has 3 amide bonds. The molecular weight excluding hydrogens is 286 g/mol. The van der Waals surface area contributed by atoms with E-state index in [2.05, 4.69) is 10.3 Å². The number of hydrogen-bond acceptors (Lipinski definition) is 5. The third-order valence-electron chi connectivity index (χ3n) is 2.10. The minimum absolute atomic E-state index is 0.0152. The predicted molar refractivity (Wildman–Crippen MR) is 71.4 cm³/mol. The number of aromatic nitrogens is 1. The zero-order chi connectivity index (χ0) is 15.0. The van der Waals surface area contributed by atoms with Gasteiger partial charge in [0.15, 0.2) is 6.61 Å². The van der Waals surface area contributed by atoms with Crippen LogP contribution in [-0.2, 0) is 9.53 Å². The van der Waals surface area contributed by atoms with Crippen molar-refractivity contribution in [3.63, 3.8) is 0 Å². The fourth-order valence-electron chi connectivity index (χ4n) is 1.19. The van der Waals surface area contributed by atoms with E-state index in [4.69, 9.17) is 16.3 Å². The average molecular weight is 300 g/mol. The molecule has 0 bridgehead atoms. The van der Waals surface area contributed by atoms with Gasteiger partial charge in [-0.2, -0.15) is 0 Å². The Morgan fingerprint density at radius 2 is 2.15 bits per heavy atom. The maximum absolute atomic E-state index is 11.6. The lowest BCUT2D eigenvalue weighted by molar-refractivity contribution is -0.123. The summed E-state index contributed by atoms with van der Waals surface area (Å²) in [5.74, 6) is -1.51. The summed E-state index contributed by atoms with van der Waals surface area (Å²) in [6.45, 7) is 1.75. The molecule has 0 aliphatic heterocycles. The molecule has 7 nitrogen and oxygen atoms in total. The SMILES string of the molecule is CCCNC(=O)NC(=O)COC(=O)c1cccnc1Cl. The van der Waals surface area contributed by atoms with E-state index >= 15 is 0 Å². The number of esters is 1. The van der Waals surface area contributed by atoms with E-state index in [0.717, 1.165) is 6.42 Å². The number of halogens is 1. The van der Waals surface area contributed by atoms with Crippen LogP contribution in [-0.4, -0.2) is 36.0 Å². The number of carbonyl (C=O) groups excluding carboxylic acids is 3. The third-order valence-corrected chi connectivity index (χ3v) is 2.40. The van der Waals surface area contributed by atoms with Crippen molar-refractivity contribution in [1.82, 2.24) is 15.6 Å². The number of nitrogens with zero attached hydrogens (tertiary/aromatic N) is 1. The molecule has 0 saturated carbocycles. The van der Waals surface area contributed by atoms with E-state index in [9.17, 15) is 14.4 Å². The van der Waals surface area contributed by atoms with Crippen LogP contribution in [0, 0.1) is 0 Å². The molecule has 0 fully saturated rings. The second-order valence-electron chi connectivity index (χ2n) is 3.72. The first-order valence-electron chi connectivity index (χ1n) is 5.90. The van der Waals surface area contributed by atoms with E-state index in [1.807, 2.05) is 12.2 Å². The van der Waals surface area contributed by atoms with Crippen LogP contribution in [0.2, 0.25) is 5.15 Å². The minimum atomic E-state index is -0.785. The van der Waals surface area contributed by atoms with Crippen molar-refractivity contribution >= 4 is 29.5 Å². The second-order valence-corrected chi connectivity index (χ2v) is 4.08. The minimum Gasteiger partial charge on any atom is -0.452 e. The molecule has 8 heteroatoms. The predicted octanol–water partition coefficient (Wildman–Crippen LogP) is 1.13. The van der Waals surface area contributed by atoms with Crippen molar-refractivity contribution in [2.75, 3.05) is 13.2 Å². The molecule has 108 valence electrons. The van der Waals surface area contributed by atoms with Crippen LogP contribution in [0.25, 0.3) is 0 Å². The van der Waals surface area contributed by atoms with Gasteiger partial charge in [0, 0.05) is 12.7 Å². The van der Waals surface area contributed by atoms with Crippen molar-refractivity contribution in [3.8, 4) is 0 Å². The summed E-state index contributed by atoms with van der Waals surface area (Å²) < 4.78 is 4.72. The molecule has 0 unspecified atom stereocenters. The number of carbonyl (C=O) groups is 3. The van der Waals surface area contributed by atoms with Gasteiger partial charge in [-0.25, -0.2) is 14.6 Å². The first-order chi connectivity index (χ1) is 9.54. The fraction of sp³-hybridized carbons (Fsp3) is 0.333. The van der Waals surface area contributed by atoms with Crippen LogP contribution < -0.4 is 10.6 Å². The lowest BCUT2D eigenvalue weighted by Gasteiger charge is -2.07. The van der Waals surface area contributed by atoms with Gasteiger partial charge in [-0.1, -0.05) is 18.5 Å². The number of ether oxygens (including phenoxy) is 1. The van der Waals surface area contributed by atoms with Crippen LogP contribution in [0.1, 0.15) is 23.7 Å². The molecule has 0 aliphatic carbocycles. The van der Waals surface area contributed by atoms with Gasteiger partial charge < -0.3 is 10.1 Å².